The molecular weight excluding hydrogens is 450 g/mol. The molecule has 34 heavy (non-hydrogen) atoms. The zero-order valence-corrected chi connectivity index (χ0v) is 19.6. The number of amides is 2. The van der Waals surface area contributed by atoms with Crippen molar-refractivity contribution in [2.24, 2.45) is 5.92 Å². The van der Waals surface area contributed by atoms with Crippen LogP contribution in [0.1, 0.15) is 39.1 Å². The molecule has 3 aromatic carbocycles. The zero-order chi connectivity index (χ0) is 24.1. The minimum atomic E-state index is -0.750. The minimum Gasteiger partial charge on any atom is -0.386 e. The third kappa shape index (κ3) is 5.07. The molecule has 1 fully saturated rings. The third-order valence-corrected chi connectivity index (χ3v) is 6.05. The fourth-order valence-corrected chi connectivity index (χ4v) is 4.08. The van der Waals surface area contributed by atoms with Gasteiger partial charge in [-0.2, -0.15) is 8.42 Å². The lowest BCUT2D eigenvalue weighted by molar-refractivity contribution is 0.0642. The number of nitrogens with zero attached hydrogens (tertiary/aromatic N) is 1. The van der Waals surface area contributed by atoms with Crippen LogP contribution in [0.2, 0.25) is 0 Å². The number of imide groups is 1. The van der Waals surface area contributed by atoms with Crippen LogP contribution in [0.15, 0.2) is 66.7 Å². The van der Waals surface area contributed by atoms with Gasteiger partial charge in [0.15, 0.2) is 0 Å². The third-order valence-electron chi connectivity index (χ3n) is 6.05. The van der Waals surface area contributed by atoms with Crippen molar-refractivity contribution in [2.45, 2.75) is 19.4 Å². The number of anilines is 2. The summed E-state index contributed by atoms with van der Waals surface area (Å²) in [4.78, 5) is 26.7. The van der Waals surface area contributed by atoms with Gasteiger partial charge in [-0.3, -0.25) is 14.5 Å². The highest BCUT2D eigenvalue weighted by Crippen LogP contribution is 2.33. The number of nitrogens with one attached hydrogen (secondary N) is 2. The quantitative estimate of drug-likeness (QED) is 0.494. The van der Waals surface area contributed by atoms with Crippen molar-refractivity contribution < 1.29 is 18.0 Å². The molecule has 3 aromatic rings. The van der Waals surface area contributed by atoms with Crippen molar-refractivity contribution in [3.8, 4) is 11.1 Å². The molecule has 0 aromatic heterocycles. The second-order valence-electron chi connectivity index (χ2n) is 8.35. The Hall–Kier alpha value is -3.78. The Morgan fingerprint density at radius 2 is 1.50 bits per heavy atom. The first-order valence-corrected chi connectivity index (χ1v) is 11.7. The van der Waals surface area contributed by atoms with Gasteiger partial charge in [-0.15, -0.1) is 0 Å². The average Bonchev–Trinajstić information content (AvgIpc) is 3.67. The highest BCUT2D eigenvalue weighted by molar-refractivity contribution is 7.51. The molecule has 2 aliphatic rings. The van der Waals surface area contributed by atoms with E-state index in [1.807, 2.05) is 19.2 Å². The monoisotopic (exact) mass is 475 g/mol. The fraction of sp³-hybridized carbons (Fsp3) is 0.231. The van der Waals surface area contributed by atoms with Crippen LogP contribution in [0, 0.1) is 5.92 Å². The Balaban J connectivity index is 0.000000868. The summed E-state index contributed by atoms with van der Waals surface area (Å²) in [5, 5.41) is 6.82. The van der Waals surface area contributed by atoms with E-state index in [0.29, 0.717) is 11.1 Å². The molecule has 0 unspecified atom stereocenters. The van der Waals surface area contributed by atoms with Gasteiger partial charge < -0.3 is 10.6 Å². The maximum absolute atomic E-state index is 12.7. The van der Waals surface area contributed by atoms with E-state index < -0.39 is 11.6 Å². The maximum Gasteiger partial charge on any atom is 0.335 e. The van der Waals surface area contributed by atoms with Gasteiger partial charge in [-0.25, -0.2) is 0 Å². The van der Waals surface area contributed by atoms with E-state index in [1.54, 1.807) is 24.3 Å². The molecule has 0 saturated heterocycles. The van der Waals surface area contributed by atoms with Gasteiger partial charge in [0.1, 0.15) is 0 Å². The summed E-state index contributed by atoms with van der Waals surface area (Å²) >= 11 is -0.750. The molecule has 8 heteroatoms. The Morgan fingerprint density at radius 1 is 0.853 bits per heavy atom. The van der Waals surface area contributed by atoms with E-state index in [9.17, 15) is 9.59 Å². The van der Waals surface area contributed by atoms with Crippen LogP contribution in [0.5, 0.6) is 0 Å². The van der Waals surface area contributed by atoms with E-state index in [-0.39, 0.29) is 18.4 Å². The van der Waals surface area contributed by atoms with Gasteiger partial charge in [0, 0.05) is 13.6 Å². The molecule has 2 N–H and O–H groups in total. The van der Waals surface area contributed by atoms with Crippen molar-refractivity contribution in [3.05, 3.63) is 83.4 Å². The Labute approximate surface area is 201 Å². The lowest BCUT2D eigenvalue weighted by Gasteiger charge is -2.16. The van der Waals surface area contributed by atoms with Crippen LogP contribution < -0.4 is 10.6 Å². The normalized spacial score (nSPS) is 14.2. The average molecular weight is 476 g/mol. The summed E-state index contributed by atoms with van der Waals surface area (Å²) in [7, 11) is 1.93. The van der Waals surface area contributed by atoms with Crippen molar-refractivity contribution in [1.82, 2.24) is 4.90 Å². The topological polar surface area (TPSA) is 95.6 Å². The number of carbonyl (C=O) groups is 2. The molecule has 0 spiro atoms. The molecule has 0 atom stereocenters. The predicted octanol–water partition coefficient (Wildman–Crippen LogP) is 4.34. The first kappa shape index (κ1) is 23.4. The predicted molar refractivity (Wildman–Crippen MR) is 132 cm³/mol. The lowest BCUT2D eigenvalue weighted by Crippen LogP contribution is -2.29. The van der Waals surface area contributed by atoms with Gasteiger partial charge in [-0.1, -0.05) is 36.4 Å². The van der Waals surface area contributed by atoms with E-state index in [4.69, 9.17) is 8.42 Å². The molecule has 7 nitrogen and oxygen atoms in total. The van der Waals surface area contributed by atoms with Gasteiger partial charge in [0.25, 0.3) is 11.8 Å². The number of carbonyl (C=O) groups excluding carboxylic acids is 2. The number of benzene rings is 3. The number of fused-ring (bicyclic) bond motifs is 1. The summed E-state index contributed by atoms with van der Waals surface area (Å²) in [5.74, 6) is 0.354. The molecule has 0 radical (unpaired) electrons. The number of hydrogen-bond acceptors (Lipinski definition) is 6. The molecular formula is C26H25N3O4S. The van der Waals surface area contributed by atoms with Crippen LogP contribution in [-0.2, 0) is 18.1 Å². The van der Waals surface area contributed by atoms with E-state index >= 15 is 0 Å². The van der Waals surface area contributed by atoms with Crippen LogP contribution in [0.4, 0.5) is 11.4 Å². The Morgan fingerprint density at radius 3 is 2.12 bits per heavy atom. The molecule has 2 amide bonds. The number of rotatable bonds is 7. The lowest BCUT2D eigenvalue weighted by atomic mass is 10.0. The second kappa shape index (κ2) is 10.4. The van der Waals surface area contributed by atoms with Crippen LogP contribution in [0.25, 0.3) is 11.1 Å². The molecule has 1 heterocycles. The first-order chi connectivity index (χ1) is 16.5. The van der Waals surface area contributed by atoms with Crippen molar-refractivity contribution in [3.63, 3.8) is 0 Å². The van der Waals surface area contributed by atoms with Gasteiger partial charge in [-0.05, 0) is 65.8 Å². The minimum absolute atomic E-state index is 0.227. The molecule has 1 saturated carbocycles. The summed E-state index contributed by atoms with van der Waals surface area (Å²) in [6, 6.07) is 21.4. The van der Waals surface area contributed by atoms with Gasteiger partial charge in [0.05, 0.1) is 29.0 Å². The standard InChI is InChI=1S/C26H25N3O2.O2S/c1-27-24-14-20(11-12-23(24)28-15-17-9-10-17)19-6-4-5-18(13-19)16-29-25(30)21-7-2-3-8-22(21)26(29)31;1-3-2/h2-8,11-14,17,27-28H,9-10,15-16H2,1H3;. The largest absolute Gasteiger partial charge is 0.386 e. The first-order valence-electron chi connectivity index (χ1n) is 11.1. The highest BCUT2D eigenvalue weighted by Gasteiger charge is 2.34. The Kier molecular flexibility index (Phi) is 7.18. The van der Waals surface area contributed by atoms with E-state index in [1.165, 1.54) is 17.7 Å². The molecule has 0 bridgehead atoms. The maximum atomic E-state index is 12.7. The zero-order valence-electron chi connectivity index (χ0n) is 18.7. The Bertz CT molecular complexity index is 1230. The van der Waals surface area contributed by atoms with E-state index in [2.05, 4.69) is 41.0 Å². The molecule has 1 aliphatic carbocycles. The SMILES string of the molecule is CNc1cc(-c2cccc(CN3C(=O)c4ccccc4C3=O)c2)ccc1NCC1CC1.O=S=O. The van der Waals surface area contributed by atoms with Gasteiger partial charge in [0.2, 0.25) is 0 Å². The van der Waals surface area contributed by atoms with Crippen molar-refractivity contribution in [2.75, 3.05) is 24.2 Å². The number of hydrogen-bond donors (Lipinski definition) is 2. The summed E-state index contributed by atoms with van der Waals surface area (Å²) in [6.07, 6.45) is 2.64. The highest BCUT2D eigenvalue weighted by atomic mass is 32.1. The smallest absolute Gasteiger partial charge is 0.335 e. The molecule has 1 aliphatic heterocycles. The summed E-state index contributed by atoms with van der Waals surface area (Å²) < 4.78 is 16.6. The summed E-state index contributed by atoms with van der Waals surface area (Å²) in [5.41, 5.74) is 6.20. The van der Waals surface area contributed by atoms with Crippen LogP contribution in [-0.4, -0.2) is 38.7 Å². The molecule has 174 valence electrons. The second-order valence-corrected chi connectivity index (χ2v) is 8.48. The molecule has 5 rings (SSSR count). The van der Waals surface area contributed by atoms with E-state index in [0.717, 1.165) is 40.5 Å². The fourth-order valence-electron chi connectivity index (χ4n) is 4.08. The van der Waals surface area contributed by atoms with Crippen LogP contribution >= 0.6 is 0 Å². The van der Waals surface area contributed by atoms with Crippen molar-refractivity contribution in [1.29, 1.82) is 0 Å². The summed E-state index contributed by atoms with van der Waals surface area (Å²) in [6.45, 7) is 1.28. The van der Waals surface area contributed by atoms with Gasteiger partial charge >= 0.3 is 11.6 Å². The van der Waals surface area contributed by atoms with Crippen molar-refractivity contribution >= 4 is 34.8 Å². The van der Waals surface area contributed by atoms with Crippen LogP contribution in [0.3, 0.4) is 0 Å².